The molecule has 1 amide bonds. The summed E-state index contributed by atoms with van der Waals surface area (Å²) in [6, 6.07) is 0. The lowest BCUT2D eigenvalue weighted by atomic mass is 10.3. The largest absolute Gasteiger partial charge is 0.405 e. The second-order valence-electron chi connectivity index (χ2n) is 2.53. The Morgan fingerprint density at radius 2 is 1.85 bits per heavy atom. The number of halogens is 3. The molecule has 0 rings (SSSR count). The second-order valence-corrected chi connectivity index (χ2v) is 4.76. The van der Waals surface area contributed by atoms with Crippen molar-refractivity contribution in [1.29, 1.82) is 0 Å². The van der Waals surface area contributed by atoms with Gasteiger partial charge in [0.25, 0.3) is 0 Å². The number of primary amides is 1. The van der Waals surface area contributed by atoms with Crippen molar-refractivity contribution in [3.8, 4) is 0 Å². The van der Waals surface area contributed by atoms with E-state index in [-0.39, 0.29) is 0 Å². The molecule has 0 radical (unpaired) electrons. The SMILES string of the molecule is CS(=O)(=O)C(CC(N)=O)C(F)(F)F. The zero-order valence-electron chi connectivity index (χ0n) is 6.63. The van der Waals surface area contributed by atoms with Crippen molar-refractivity contribution < 1.29 is 26.4 Å². The first kappa shape index (κ1) is 12.2. The van der Waals surface area contributed by atoms with E-state index in [9.17, 15) is 26.4 Å². The summed E-state index contributed by atoms with van der Waals surface area (Å²) < 4.78 is 57.1. The van der Waals surface area contributed by atoms with E-state index in [1.807, 2.05) is 0 Å². The van der Waals surface area contributed by atoms with Gasteiger partial charge in [0.2, 0.25) is 5.91 Å². The Balaban J connectivity index is 4.90. The smallest absolute Gasteiger partial charge is 0.370 e. The van der Waals surface area contributed by atoms with Crippen molar-refractivity contribution in [2.45, 2.75) is 17.8 Å². The van der Waals surface area contributed by atoms with Crippen molar-refractivity contribution in [3.63, 3.8) is 0 Å². The van der Waals surface area contributed by atoms with Crippen LogP contribution in [0.2, 0.25) is 0 Å². The standard InChI is InChI=1S/C5H8F3NO3S/c1-13(11,12)3(2-4(9)10)5(6,7)8/h3H,2H2,1H3,(H2,9,10). The third kappa shape index (κ3) is 4.11. The van der Waals surface area contributed by atoms with E-state index < -0.39 is 33.6 Å². The zero-order chi connectivity index (χ0) is 10.9. The highest BCUT2D eigenvalue weighted by molar-refractivity contribution is 7.91. The minimum Gasteiger partial charge on any atom is -0.370 e. The maximum absolute atomic E-state index is 12.0. The summed E-state index contributed by atoms with van der Waals surface area (Å²) in [6.07, 6.45) is -5.78. The average molecular weight is 219 g/mol. The van der Waals surface area contributed by atoms with Crippen LogP contribution in [0.5, 0.6) is 0 Å². The first-order valence-corrected chi connectivity index (χ1v) is 5.04. The second kappa shape index (κ2) is 3.52. The molecule has 0 bridgehead atoms. The zero-order valence-corrected chi connectivity index (χ0v) is 7.45. The summed E-state index contributed by atoms with van der Waals surface area (Å²) in [5, 5.41) is -2.70. The molecule has 0 aromatic rings. The van der Waals surface area contributed by atoms with Crippen molar-refractivity contribution >= 4 is 15.7 Å². The highest BCUT2D eigenvalue weighted by Crippen LogP contribution is 2.27. The summed E-state index contributed by atoms with van der Waals surface area (Å²) in [6.45, 7) is 0. The first-order valence-electron chi connectivity index (χ1n) is 3.09. The van der Waals surface area contributed by atoms with Crippen LogP contribution in [0.25, 0.3) is 0 Å². The normalized spacial score (nSPS) is 15.4. The summed E-state index contributed by atoms with van der Waals surface area (Å²) in [7, 11) is -4.34. The molecule has 78 valence electrons. The molecule has 0 fully saturated rings. The number of carbonyl (C=O) groups excluding carboxylic acids is 1. The minimum atomic E-state index is -4.96. The van der Waals surface area contributed by atoms with Crippen molar-refractivity contribution in [2.75, 3.05) is 6.26 Å². The number of hydrogen-bond donors (Lipinski definition) is 1. The molecule has 0 aliphatic rings. The van der Waals surface area contributed by atoms with Crippen LogP contribution < -0.4 is 5.73 Å². The van der Waals surface area contributed by atoms with E-state index in [0.29, 0.717) is 6.26 Å². The number of hydrogen-bond acceptors (Lipinski definition) is 3. The minimum absolute atomic E-state index is 0.411. The van der Waals surface area contributed by atoms with Crippen LogP contribution in [0, 0.1) is 0 Å². The third-order valence-electron chi connectivity index (χ3n) is 1.27. The van der Waals surface area contributed by atoms with Gasteiger partial charge in [-0.2, -0.15) is 13.2 Å². The summed E-state index contributed by atoms with van der Waals surface area (Å²) in [4.78, 5) is 10.2. The van der Waals surface area contributed by atoms with Gasteiger partial charge in [0.15, 0.2) is 15.1 Å². The monoisotopic (exact) mass is 219 g/mol. The highest BCUT2D eigenvalue weighted by Gasteiger charge is 2.47. The number of sulfone groups is 1. The molecule has 13 heavy (non-hydrogen) atoms. The van der Waals surface area contributed by atoms with Crippen LogP contribution in [-0.2, 0) is 14.6 Å². The Morgan fingerprint density at radius 3 is 1.92 bits per heavy atom. The predicted molar refractivity (Wildman–Crippen MR) is 38.5 cm³/mol. The maximum Gasteiger partial charge on any atom is 0.405 e. The summed E-state index contributed by atoms with van der Waals surface area (Å²) in [5.74, 6) is -1.30. The van der Waals surface area contributed by atoms with Crippen LogP contribution >= 0.6 is 0 Å². The molecule has 8 heteroatoms. The topological polar surface area (TPSA) is 77.2 Å². The fraction of sp³-hybridized carbons (Fsp3) is 0.800. The number of nitrogens with two attached hydrogens (primary N) is 1. The molecule has 1 atom stereocenters. The van der Waals surface area contributed by atoms with Gasteiger partial charge in [-0.15, -0.1) is 0 Å². The van der Waals surface area contributed by atoms with Crippen LogP contribution in [-0.4, -0.2) is 32.0 Å². The van der Waals surface area contributed by atoms with Gasteiger partial charge in [0, 0.05) is 6.26 Å². The number of rotatable bonds is 3. The Kier molecular flexibility index (Phi) is 3.31. The van der Waals surface area contributed by atoms with Gasteiger partial charge >= 0.3 is 6.18 Å². The highest BCUT2D eigenvalue weighted by atomic mass is 32.2. The predicted octanol–water partition coefficient (Wildman–Crippen LogP) is -0.163. The Labute approximate surface area is 72.8 Å². The van der Waals surface area contributed by atoms with E-state index in [0.717, 1.165) is 0 Å². The molecular formula is C5H8F3NO3S. The molecule has 2 N–H and O–H groups in total. The molecule has 0 aromatic heterocycles. The van der Waals surface area contributed by atoms with Crippen LogP contribution in [0.15, 0.2) is 0 Å². The molecule has 1 unspecified atom stereocenters. The van der Waals surface area contributed by atoms with E-state index >= 15 is 0 Å². The number of alkyl halides is 3. The lowest BCUT2D eigenvalue weighted by Gasteiger charge is -2.16. The van der Waals surface area contributed by atoms with Crippen molar-refractivity contribution in [2.24, 2.45) is 5.73 Å². The molecule has 0 saturated heterocycles. The van der Waals surface area contributed by atoms with Crippen LogP contribution in [0.1, 0.15) is 6.42 Å². The van der Waals surface area contributed by atoms with Gasteiger partial charge < -0.3 is 5.73 Å². The van der Waals surface area contributed by atoms with Gasteiger partial charge in [-0.3, -0.25) is 4.79 Å². The van der Waals surface area contributed by atoms with Crippen LogP contribution in [0.4, 0.5) is 13.2 Å². The molecular weight excluding hydrogens is 211 g/mol. The fourth-order valence-electron chi connectivity index (χ4n) is 0.693. The summed E-state index contributed by atoms with van der Waals surface area (Å²) >= 11 is 0. The first-order chi connectivity index (χ1) is 5.55. The molecule has 0 spiro atoms. The quantitative estimate of drug-likeness (QED) is 0.716. The molecule has 0 aromatic carbocycles. The fourth-order valence-corrected chi connectivity index (χ4v) is 1.65. The Bertz CT molecular complexity index is 295. The molecule has 0 saturated carbocycles. The molecule has 0 aliphatic heterocycles. The maximum atomic E-state index is 12.0. The average Bonchev–Trinajstić information content (AvgIpc) is 1.77. The number of amides is 1. The Morgan fingerprint density at radius 1 is 1.46 bits per heavy atom. The van der Waals surface area contributed by atoms with E-state index in [1.54, 1.807) is 0 Å². The van der Waals surface area contributed by atoms with Gasteiger partial charge in [-0.25, -0.2) is 8.42 Å². The van der Waals surface area contributed by atoms with E-state index in [1.165, 1.54) is 0 Å². The van der Waals surface area contributed by atoms with Gasteiger partial charge in [-0.05, 0) is 0 Å². The van der Waals surface area contributed by atoms with Gasteiger partial charge in [0.1, 0.15) is 0 Å². The lowest BCUT2D eigenvalue weighted by molar-refractivity contribution is -0.139. The lowest BCUT2D eigenvalue weighted by Crippen LogP contribution is -2.39. The number of carbonyl (C=O) groups is 1. The molecule has 4 nitrogen and oxygen atoms in total. The molecule has 0 heterocycles. The summed E-state index contributed by atoms with van der Waals surface area (Å²) in [5.41, 5.74) is 4.48. The Hall–Kier alpha value is -0.790. The van der Waals surface area contributed by atoms with Crippen molar-refractivity contribution in [1.82, 2.24) is 0 Å². The third-order valence-corrected chi connectivity index (χ3v) is 2.74. The van der Waals surface area contributed by atoms with Crippen LogP contribution in [0.3, 0.4) is 0 Å². The van der Waals surface area contributed by atoms with Gasteiger partial charge in [-0.1, -0.05) is 0 Å². The van der Waals surface area contributed by atoms with E-state index in [4.69, 9.17) is 0 Å². The molecule has 0 aliphatic carbocycles. The van der Waals surface area contributed by atoms with Crippen molar-refractivity contribution in [3.05, 3.63) is 0 Å². The van der Waals surface area contributed by atoms with E-state index in [2.05, 4.69) is 5.73 Å². The van der Waals surface area contributed by atoms with Gasteiger partial charge in [0.05, 0.1) is 6.42 Å².